The van der Waals surface area contributed by atoms with Gasteiger partial charge in [0.1, 0.15) is 5.52 Å². The van der Waals surface area contributed by atoms with Crippen LogP contribution in [-0.2, 0) is 0 Å². The lowest BCUT2D eigenvalue weighted by atomic mass is 10.3. The third-order valence-electron chi connectivity index (χ3n) is 1.47. The largest absolute Gasteiger partial charge is 0.428 e. The van der Waals surface area contributed by atoms with Gasteiger partial charge in [0.05, 0.1) is 0 Å². The highest BCUT2D eigenvalue weighted by atomic mass is 32.1. The van der Waals surface area contributed by atoms with Crippen LogP contribution in [0.5, 0.6) is 0 Å². The number of aromatic nitrogens is 1. The monoisotopic (exact) mass is 176 g/mol. The fourth-order valence-electron chi connectivity index (χ4n) is 0.964. The summed E-state index contributed by atoms with van der Waals surface area (Å²) < 4.78 is 5.07. The van der Waals surface area contributed by atoms with Crippen LogP contribution < -0.4 is 0 Å². The molecule has 3 nitrogen and oxygen atoms in total. The Kier molecular flexibility index (Phi) is 1.52. The highest BCUT2D eigenvalue weighted by molar-refractivity contribution is 7.80. The third-order valence-corrected chi connectivity index (χ3v) is 1.74. The van der Waals surface area contributed by atoms with E-state index in [0.717, 1.165) is 4.90 Å². The summed E-state index contributed by atoms with van der Waals surface area (Å²) in [6.45, 7) is 0. The van der Waals surface area contributed by atoms with Gasteiger partial charge in [-0.1, -0.05) is 0 Å². The number of nitriles is 1. The van der Waals surface area contributed by atoms with E-state index < -0.39 is 0 Å². The Morgan fingerprint density at radius 2 is 2.33 bits per heavy atom. The van der Waals surface area contributed by atoms with Crippen molar-refractivity contribution in [3.8, 4) is 6.07 Å². The second-order valence-electron chi connectivity index (χ2n) is 2.28. The molecule has 1 aromatic heterocycles. The number of hydrogen-bond acceptors (Lipinski definition) is 4. The van der Waals surface area contributed by atoms with E-state index in [4.69, 9.17) is 9.68 Å². The minimum absolute atomic E-state index is 0.0870. The van der Waals surface area contributed by atoms with Crippen molar-refractivity contribution in [1.82, 2.24) is 4.98 Å². The van der Waals surface area contributed by atoms with E-state index in [1.165, 1.54) is 0 Å². The molecule has 0 bridgehead atoms. The first-order valence-corrected chi connectivity index (χ1v) is 3.74. The van der Waals surface area contributed by atoms with E-state index in [1.807, 2.05) is 6.07 Å². The molecular weight excluding hydrogens is 172 g/mol. The third kappa shape index (κ3) is 1.04. The van der Waals surface area contributed by atoms with Gasteiger partial charge in [0, 0.05) is 4.90 Å². The van der Waals surface area contributed by atoms with Crippen LogP contribution in [0.15, 0.2) is 27.5 Å². The van der Waals surface area contributed by atoms with Crippen molar-refractivity contribution in [3.63, 3.8) is 0 Å². The fourth-order valence-corrected chi connectivity index (χ4v) is 1.16. The van der Waals surface area contributed by atoms with Gasteiger partial charge >= 0.3 is 5.89 Å². The molecule has 12 heavy (non-hydrogen) atoms. The number of oxazole rings is 1. The summed E-state index contributed by atoms with van der Waals surface area (Å²) in [5.74, 6) is 0.0870. The van der Waals surface area contributed by atoms with Crippen molar-refractivity contribution in [2.75, 3.05) is 0 Å². The van der Waals surface area contributed by atoms with Crippen molar-refractivity contribution in [3.05, 3.63) is 24.1 Å². The summed E-state index contributed by atoms with van der Waals surface area (Å²) in [7, 11) is 0. The smallest absolute Gasteiger partial charge is 0.301 e. The van der Waals surface area contributed by atoms with Gasteiger partial charge in [-0.25, -0.2) is 0 Å². The van der Waals surface area contributed by atoms with Crippen LogP contribution in [0.2, 0.25) is 0 Å². The molecule has 4 heteroatoms. The van der Waals surface area contributed by atoms with Gasteiger partial charge in [-0.3, -0.25) is 0 Å². The Bertz CT molecular complexity index is 469. The van der Waals surface area contributed by atoms with E-state index in [-0.39, 0.29) is 5.89 Å². The summed E-state index contributed by atoms with van der Waals surface area (Å²) in [5.41, 5.74) is 1.28. The molecule has 0 aliphatic carbocycles. The molecule has 0 aliphatic heterocycles. The molecule has 0 saturated heterocycles. The molecule has 0 unspecified atom stereocenters. The molecular formula is C8H4N2OS. The van der Waals surface area contributed by atoms with Crippen LogP contribution in [0.4, 0.5) is 0 Å². The highest BCUT2D eigenvalue weighted by Crippen LogP contribution is 2.18. The minimum atomic E-state index is 0.0870. The average Bonchev–Trinajstić information content (AvgIpc) is 2.46. The standard InChI is InChI=1S/C8H4N2OS/c9-4-8-10-6-3-5(12)1-2-7(6)11-8/h1-3,12H. The lowest BCUT2D eigenvalue weighted by Gasteiger charge is -1.86. The van der Waals surface area contributed by atoms with Crippen LogP contribution in [0.1, 0.15) is 5.89 Å². The van der Waals surface area contributed by atoms with Crippen LogP contribution in [0.25, 0.3) is 11.1 Å². The molecule has 0 radical (unpaired) electrons. The first-order valence-electron chi connectivity index (χ1n) is 3.29. The van der Waals surface area contributed by atoms with Gasteiger partial charge in [-0.15, -0.1) is 12.6 Å². The quantitative estimate of drug-likeness (QED) is 0.624. The van der Waals surface area contributed by atoms with Gasteiger partial charge in [-0.05, 0) is 18.2 Å². The molecule has 1 heterocycles. The summed E-state index contributed by atoms with van der Waals surface area (Å²) in [6, 6.07) is 7.12. The van der Waals surface area contributed by atoms with Gasteiger partial charge in [0.25, 0.3) is 0 Å². The number of nitrogens with zero attached hydrogens (tertiary/aromatic N) is 2. The molecule has 0 amide bonds. The first-order chi connectivity index (χ1) is 5.79. The van der Waals surface area contributed by atoms with E-state index in [9.17, 15) is 0 Å². The molecule has 0 atom stereocenters. The number of thiol groups is 1. The van der Waals surface area contributed by atoms with E-state index in [2.05, 4.69) is 17.6 Å². The molecule has 0 spiro atoms. The van der Waals surface area contributed by atoms with Gasteiger partial charge in [-0.2, -0.15) is 10.2 Å². The molecule has 58 valence electrons. The molecule has 0 aliphatic rings. The lowest BCUT2D eigenvalue weighted by Crippen LogP contribution is -1.69. The van der Waals surface area contributed by atoms with Crippen LogP contribution >= 0.6 is 12.6 Å². The Morgan fingerprint density at radius 3 is 3.08 bits per heavy atom. The molecule has 1 aromatic carbocycles. The van der Waals surface area contributed by atoms with Gasteiger partial charge in [0.2, 0.25) is 0 Å². The molecule has 2 rings (SSSR count). The SMILES string of the molecule is N#Cc1nc2cc(S)ccc2o1. The number of rotatable bonds is 0. The molecule has 0 N–H and O–H groups in total. The molecule has 0 fully saturated rings. The predicted octanol–water partition coefficient (Wildman–Crippen LogP) is 1.99. The maximum atomic E-state index is 8.48. The number of hydrogen-bond donors (Lipinski definition) is 1. The zero-order valence-corrected chi connectivity index (χ0v) is 6.88. The normalized spacial score (nSPS) is 10.0. The van der Waals surface area contributed by atoms with Gasteiger partial charge in [0.15, 0.2) is 11.7 Å². The number of fused-ring (bicyclic) bond motifs is 1. The van der Waals surface area contributed by atoms with E-state index in [0.29, 0.717) is 11.1 Å². The van der Waals surface area contributed by atoms with Crippen molar-refractivity contribution in [2.24, 2.45) is 0 Å². The summed E-state index contributed by atoms with van der Waals surface area (Å²) >= 11 is 4.13. The zero-order chi connectivity index (χ0) is 8.55. The van der Waals surface area contributed by atoms with Crippen molar-refractivity contribution in [1.29, 1.82) is 5.26 Å². The predicted molar refractivity (Wildman–Crippen MR) is 46.0 cm³/mol. The van der Waals surface area contributed by atoms with Gasteiger partial charge < -0.3 is 4.42 Å². The molecule has 0 saturated carbocycles. The number of benzene rings is 1. The Hall–Kier alpha value is -1.47. The van der Waals surface area contributed by atoms with Crippen LogP contribution in [0, 0.1) is 11.3 Å². The van der Waals surface area contributed by atoms with Crippen molar-refractivity contribution in [2.45, 2.75) is 4.90 Å². The Labute approximate surface area is 74.0 Å². The maximum absolute atomic E-state index is 8.48. The summed E-state index contributed by atoms with van der Waals surface area (Å²) in [4.78, 5) is 4.72. The first kappa shape index (κ1) is 7.19. The topological polar surface area (TPSA) is 49.8 Å². The minimum Gasteiger partial charge on any atom is -0.428 e. The Balaban J connectivity index is 2.77. The van der Waals surface area contributed by atoms with E-state index in [1.54, 1.807) is 18.2 Å². The summed E-state index contributed by atoms with van der Waals surface area (Å²) in [6.07, 6.45) is 0. The highest BCUT2D eigenvalue weighted by Gasteiger charge is 2.03. The lowest BCUT2D eigenvalue weighted by molar-refractivity contribution is 0.584. The second kappa shape index (κ2) is 2.54. The van der Waals surface area contributed by atoms with Crippen molar-refractivity contribution < 1.29 is 4.42 Å². The van der Waals surface area contributed by atoms with E-state index >= 15 is 0 Å². The fraction of sp³-hybridized carbons (Fsp3) is 0. The molecule has 2 aromatic rings. The average molecular weight is 176 g/mol. The maximum Gasteiger partial charge on any atom is 0.301 e. The van der Waals surface area contributed by atoms with Crippen LogP contribution in [-0.4, -0.2) is 4.98 Å². The zero-order valence-electron chi connectivity index (χ0n) is 5.98. The van der Waals surface area contributed by atoms with Crippen LogP contribution in [0.3, 0.4) is 0 Å². The second-order valence-corrected chi connectivity index (χ2v) is 2.80. The Morgan fingerprint density at radius 1 is 1.50 bits per heavy atom. The summed E-state index contributed by atoms with van der Waals surface area (Å²) in [5, 5.41) is 8.48. The van der Waals surface area contributed by atoms with Crippen molar-refractivity contribution >= 4 is 23.7 Å².